The maximum absolute atomic E-state index is 11.6. The summed E-state index contributed by atoms with van der Waals surface area (Å²) in [5, 5.41) is 9.24. The van der Waals surface area contributed by atoms with Crippen LogP contribution in [0, 0.1) is 0 Å². The first-order chi connectivity index (χ1) is 7.22. The molecule has 2 heterocycles. The fraction of sp³-hybridized carbons (Fsp3) is 0.333. The number of aliphatic hydroxyl groups excluding tert-OH is 1. The van der Waals surface area contributed by atoms with Crippen LogP contribution in [0.1, 0.15) is 12.0 Å². The highest BCUT2D eigenvalue weighted by Crippen LogP contribution is 2.13. The van der Waals surface area contributed by atoms with E-state index in [9.17, 15) is 4.79 Å². The summed E-state index contributed by atoms with van der Waals surface area (Å²) in [4.78, 5) is 20.9. The SMILES string of the molecule is Nc1nc2[nH]cc(CCCO)c2c(=O)[nH]1. The molecular weight excluding hydrogens is 196 g/mol. The van der Waals surface area contributed by atoms with Crippen molar-refractivity contribution in [3.8, 4) is 0 Å². The minimum Gasteiger partial charge on any atom is -0.396 e. The van der Waals surface area contributed by atoms with E-state index in [4.69, 9.17) is 10.8 Å². The van der Waals surface area contributed by atoms with E-state index >= 15 is 0 Å². The monoisotopic (exact) mass is 208 g/mol. The Bertz CT molecular complexity index is 528. The van der Waals surface area contributed by atoms with Gasteiger partial charge >= 0.3 is 0 Å². The summed E-state index contributed by atoms with van der Waals surface area (Å²) in [6.45, 7) is 0.104. The van der Waals surface area contributed by atoms with Crippen LogP contribution in [0.15, 0.2) is 11.0 Å². The van der Waals surface area contributed by atoms with Crippen molar-refractivity contribution in [2.75, 3.05) is 12.3 Å². The molecule has 15 heavy (non-hydrogen) atoms. The number of nitrogens with zero attached hydrogens (tertiary/aromatic N) is 1. The summed E-state index contributed by atoms with van der Waals surface area (Å²) >= 11 is 0. The second-order valence-corrected chi connectivity index (χ2v) is 3.32. The number of nitrogens with two attached hydrogens (primary N) is 1. The number of aromatic nitrogens is 3. The van der Waals surface area contributed by atoms with Crippen LogP contribution in [0.3, 0.4) is 0 Å². The molecule has 2 rings (SSSR count). The van der Waals surface area contributed by atoms with Crippen molar-refractivity contribution >= 4 is 17.0 Å². The van der Waals surface area contributed by atoms with E-state index in [0.717, 1.165) is 5.56 Å². The Labute approximate surface area is 85.2 Å². The lowest BCUT2D eigenvalue weighted by Crippen LogP contribution is -2.11. The molecule has 0 saturated carbocycles. The molecule has 6 heteroatoms. The van der Waals surface area contributed by atoms with Crippen LogP contribution in [0.4, 0.5) is 5.95 Å². The van der Waals surface area contributed by atoms with E-state index < -0.39 is 0 Å². The smallest absolute Gasteiger partial charge is 0.262 e. The summed E-state index contributed by atoms with van der Waals surface area (Å²) in [6, 6.07) is 0. The number of hydrogen-bond acceptors (Lipinski definition) is 4. The van der Waals surface area contributed by atoms with Gasteiger partial charge in [0.2, 0.25) is 5.95 Å². The Balaban J connectivity index is 2.54. The summed E-state index contributed by atoms with van der Waals surface area (Å²) in [7, 11) is 0. The standard InChI is InChI=1S/C9H12N4O2/c10-9-12-7-6(8(15)13-9)5(4-11-7)2-1-3-14/h4,14H,1-3H2,(H4,10,11,12,13,15). The van der Waals surface area contributed by atoms with E-state index in [1.807, 2.05) is 0 Å². The van der Waals surface area contributed by atoms with Crippen molar-refractivity contribution in [1.29, 1.82) is 0 Å². The van der Waals surface area contributed by atoms with Gasteiger partial charge in [-0.2, -0.15) is 4.98 Å². The summed E-state index contributed by atoms with van der Waals surface area (Å²) < 4.78 is 0. The zero-order chi connectivity index (χ0) is 10.8. The van der Waals surface area contributed by atoms with Gasteiger partial charge < -0.3 is 15.8 Å². The lowest BCUT2D eigenvalue weighted by molar-refractivity contribution is 0.289. The van der Waals surface area contributed by atoms with Gasteiger partial charge in [0.1, 0.15) is 5.65 Å². The van der Waals surface area contributed by atoms with Crippen molar-refractivity contribution in [2.45, 2.75) is 12.8 Å². The number of aryl methyl sites for hydroxylation is 1. The topological polar surface area (TPSA) is 108 Å². The number of aromatic amines is 2. The van der Waals surface area contributed by atoms with Crippen LogP contribution < -0.4 is 11.3 Å². The highest BCUT2D eigenvalue weighted by atomic mass is 16.2. The molecule has 0 aliphatic rings. The molecule has 0 fully saturated rings. The largest absolute Gasteiger partial charge is 0.396 e. The number of aliphatic hydroxyl groups is 1. The fourth-order valence-electron chi connectivity index (χ4n) is 1.59. The van der Waals surface area contributed by atoms with Crippen LogP contribution in [-0.4, -0.2) is 26.7 Å². The minimum atomic E-state index is -0.244. The molecule has 0 aliphatic heterocycles. The van der Waals surface area contributed by atoms with Gasteiger partial charge in [0.25, 0.3) is 5.56 Å². The Kier molecular flexibility index (Phi) is 2.42. The molecule has 0 bridgehead atoms. The highest BCUT2D eigenvalue weighted by Gasteiger charge is 2.09. The Hall–Kier alpha value is -1.82. The summed E-state index contributed by atoms with van der Waals surface area (Å²) in [5.74, 6) is 0.100. The van der Waals surface area contributed by atoms with Crippen LogP contribution in [-0.2, 0) is 6.42 Å². The van der Waals surface area contributed by atoms with Gasteiger partial charge in [-0.3, -0.25) is 9.78 Å². The van der Waals surface area contributed by atoms with Crippen molar-refractivity contribution in [3.63, 3.8) is 0 Å². The van der Waals surface area contributed by atoms with Crippen molar-refractivity contribution in [1.82, 2.24) is 15.0 Å². The predicted octanol–water partition coefficient (Wildman–Crippen LogP) is -0.242. The third kappa shape index (κ3) is 1.71. The van der Waals surface area contributed by atoms with E-state index in [1.54, 1.807) is 6.20 Å². The van der Waals surface area contributed by atoms with Crippen LogP contribution in [0.25, 0.3) is 11.0 Å². The highest BCUT2D eigenvalue weighted by molar-refractivity contribution is 5.79. The Morgan fingerprint density at radius 3 is 3.07 bits per heavy atom. The molecule has 5 N–H and O–H groups in total. The van der Waals surface area contributed by atoms with E-state index in [0.29, 0.717) is 23.9 Å². The van der Waals surface area contributed by atoms with Gasteiger partial charge in [-0.25, -0.2) is 0 Å². The van der Waals surface area contributed by atoms with Crippen molar-refractivity contribution in [2.24, 2.45) is 0 Å². The average molecular weight is 208 g/mol. The third-order valence-electron chi connectivity index (χ3n) is 2.25. The third-order valence-corrected chi connectivity index (χ3v) is 2.25. The number of nitrogen functional groups attached to an aromatic ring is 1. The van der Waals surface area contributed by atoms with Crippen LogP contribution >= 0.6 is 0 Å². The predicted molar refractivity (Wildman–Crippen MR) is 56.5 cm³/mol. The van der Waals surface area contributed by atoms with Gasteiger partial charge in [-0.1, -0.05) is 0 Å². The average Bonchev–Trinajstić information content (AvgIpc) is 2.58. The maximum atomic E-state index is 11.6. The van der Waals surface area contributed by atoms with Crippen LogP contribution in [0.5, 0.6) is 0 Å². The molecule has 0 radical (unpaired) electrons. The molecule has 2 aromatic heterocycles. The molecule has 0 saturated heterocycles. The molecule has 0 atom stereocenters. The second-order valence-electron chi connectivity index (χ2n) is 3.32. The number of anilines is 1. The van der Waals surface area contributed by atoms with Gasteiger partial charge in [-0.15, -0.1) is 0 Å². The minimum absolute atomic E-state index is 0.100. The quantitative estimate of drug-likeness (QED) is 0.558. The van der Waals surface area contributed by atoms with Crippen LogP contribution in [0.2, 0.25) is 0 Å². The van der Waals surface area contributed by atoms with Crippen molar-refractivity contribution < 1.29 is 5.11 Å². The van der Waals surface area contributed by atoms with Crippen molar-refractivity contribution in [3.05, 3.63) is 22.1 Å². The van der Waals surface area contributed by atoms with E-state index in [1.165, 1.54) is 0 Å². The molecule has 2 aromatic rings. The van der Waals surface area contributed by atoms with Gasteiger partial charge in [0.15, 0.2) is 0 Å². The number of rotatable bonds is 3. The van der Waals surface area contributed by atoms with Gasteiger partial charge in [0, 0.05) is 12.8 Å². The van der Waals surface area contributed by atoms with E-state index in [-0.39, 0.29) is 18.1 Å². The Morgan fingerprint density at radius 2 is 2.33 bits per heavy atom. The zero-order valence-corrected chi connectivity index (χ0v) is 8.08. The molecule has 0 unspecified atom stereocenters. The lowest BCUT2D eigenvalue weighted by atomic mass is 10.1. The molecule has 80 valence electrons. The molecular formula is C9H12N4O2. The number of hydrogen-bond donors (Lipinski definition) is 4. The number of fused-ring (bicyclic) bond motifs is 1. The first-order valence-corrected chi connectivity index (χ1v) is 4.69. The molecule has 0 amide bonds. The maximum Gasteiger partial charge on any atom is 0.262 e. The normalized spacial score (nSPS) is 11.0. The molecule has 0 spiro atoms. The summed E-state index contributed by atoms with van der Waals surface area (Å²) in [6.07, 6.45) is 2.99. The van der Waals surface area contributed by atoms with E-state index in [2.05, 4.69) is 15.0 Å². The molecule has 6 nitrogen and oxygen atoms in total. The van der Waals surface area contributed by atoms with Gasteiger partial charge in [-0.05, 0) is 18.4 Å². The second kappa shape index (κ2) is 3.74. The number of H-pyrrole nitrogens is 2. The van der Waals surface area contributed by atoms with Gasteiger partial charge in [0.05, 0.1) is 5.39 Å². The molecule has 0 aromatic carbocycles. The zero-order valence-electron chi connectivity index (χ0n) is 8.08. The fourth-order valence-corrected chi connectivity index (χ4v) is 1.59. The first kappa shape index (κ1) is 9.72. The Morgan fingerprint density at radius 1 is 1.53 bits per heavy atom. The molecule has 0 aliphatic carbocycles. The first-order valence-electron chi connectivity index (χ1n) is 4.69. The number of nitrogens with one attached hydrogen (secondary N) is 2. The summed E-state index contributed by atoms with van der Waals surface area (Å²) in [5.41, 5.74) is 6.51. The lowest BCUT2D eigenvalue weighted by Gasteiger charge is -1.96.